The summed E-state index contributed by atoms with van der Waals surface area (Å²) in [6.45, 7) is 9.87. The van der Waals surface area contributed by atoms with E-state index in [-0.39, 0.29) is 12.7 Å². The molecule has 1 heterocycles. The van der Waals surface area contributed by atoms with Crippen molar-refractivity contribution < 1.29 is 9.31 Å². The second-order valence-electron chi connectivity index (χ2n) is 3.75. The maximum Gasteiger partial charge on any atom is 0.555 e. The molecule has 0 spiro atoms. The van der Waals surface area contributed by atoms with Crippen molar-refractivity contribution in [2.24, 2.45) is 0 Å². The number of hydrogen-bond acceptors (Lipinski definition) is 2. The molecule has 0 atom stereocenters. The third kappa shape index (κ3) is 2.63. The van der Waals surface area contributed by atoms with Crippen LogP contribution in [0.25, 0.3) is 0 Å². The van der Waals surface area contributed by atoms with Crippen LogP contribution in [0.15, 0.2) is 24.4 Å². The van der Waals surface area contributed by atoms with E-state index in [4.69, 9.17) is 9.31 Å². The lowest BCUT2D eigenvalue weighted by atomic mass is 9.89. The molecule has 72 valence electrons. The van der Waals surface area contributed by atoms with E-state index < -0.39 is 0 Å². The summed E-state index contributed by atoms with van der Waals surface area (Å²) in [4.78, 5) is 0. The Hall–Kier alpha value is -0.695. The lowest BCUT2D eigenvalue weighted by Gasteiger charge is -2.15. The van der Waals surface area contributed by atoms with Gasteiger partial charge < -0.3 is 9.31 Å². The van der Waals surface area contributed by atoms with Gasteiger partial charge in [0.1, 0.15) is 5.60 Å². The molecule has 0 amide bonds. The van der Waals surface area contributed by atoms with Gasteiger partial charge in [0.25, 0.3) is 0 Å². The van der Waals surface area contributed by atoms with Crippen LogP contribution >= 0.6 is 0 Å². The van der Waals surface area contributed by atoms with Crippen molar-refractivity contribution in [2.45, 2.75) is 39.2 Å². The smallest absolute Gasteiger partial charge is 0.534 e. The summed E-state index contributed by atoms with van der Waals surface area (Å²) < 4.78 is 11.0. The van der Waals surface area contributed by atoms with E-state index in [1.54, 1.807) is 0 Å². The highest BCUT2D eigenvalue weighted by molar-refractivity contribution is 6.52. The maximum atomic E-state index is 5.60. The van der Waals surface area contributed by atoms with E-state index in [9.17, 15) is 0 Å². The van der Waals surface area contributed by atoms with Gasteiger partial charge in [0.15, 0.2) is 0 Å². The molecule has 0 unspecified atom stereocenters. The zero-order valence-electron chi connectivity index (χ0n) is 8.67. The summed E-state index contributed by atoms with van der Waals surface area (Å²) in [6.07, 6.45) is 4.29. The molecule has 0 radical (unpaired) electrons. The fraction of sp³-hybridized carbons (Fsp3) is 0.600. The average Bonchev–Trinajstić information content (AvgIpc) is 2.27. The van der Waals surface area contributed by atoms with Crippen LogP contribution < -0.4 is 0 Å². The van der Waals surface area contributed by atoms with Gasteiger partial charge in [0, 0.05) is 0 Å². The maximum absolute atomic E-state index is 5.60. The minimum atomic E-state index is -0.346. The highest BCUT2D eigenvalue weighted by Gasteiger charge is 2.39. The van der Waals surface area contributed by atoms with E-state index in [1.807, 2.05) is 19.8 Å². The molecule has 2 nitrogen and oxygen atoms in total. The molecular formula is C10H17BO2. The van der Waals surface area contributed by atoms with Gasteiger partial charge in [-0.1, -0.05) is 26.0 Å². The first-order chi connectivity index (χ1) is 6.06. The molecule has 0 N–H and O–H groups in total. The first-order valence-electron chi connectivity index (χ1n) is 4.77. The first kappa shape index (κ1) is 10.4. The zero-order valence-corrected chi connectivity index (χ0v) is 8.67. The Balaban J connectivity index is 2.45. The molecule has 0 aromatic heterocycles. The third-order valence-electron chi connectivity index (χ3n) is 2.09. The van der Waals surface area contributed by atoms with Crippen molar-refractivity contribution in [3.63, 3.8) is 0 Å². The monoisotopic (exact) mass is 180 g/mol. The molecule has 3 heteroatoms. The fourth-order valence-electron chi connectivity index (χ4n) is 1.11. The van der Waals surface area contributed by atoms with Crippen molar-refractivity contribution >= 4 is 7.12 Å². The molecule has 0 aromatic rings. The Morgan fingerprint density at radius 1 is 1.54 bits per heavy atom. The molecule has 0 aliphatic carbocycles. The van der Waals surface area contributed by atoms with Crippen LogP contribution in [0, 0.1) is 0 Å². The Morgan fingerprint density at radius 3 is 2.69 bits per heavy atom. The minimum absolute atomic E-state index is 0.242. The van der Waals surface area contributed by atoms with Crippen LogP contribution in [0.2, 0.25) is 0 Å². The molecule has 0 saturated carbocycles. The van der Waals surface area contributed by atoms with Gasteiger partial charge in [-0.25, -0.2) is 0 Å². The predicted octanol–water partition coefficient (Wildman–Crippen LogP) is 2.71. The van der Waals surface area contributed by atoms with E-state index >= 15 is 0 Å². The molecule has 0 aromatic carbocycles. The van der Waals surface area contributed by atoms with Crippen molar-refractivity contribution in [3.05, 3.63) is 24.4 Å². The highest BCUT2D eigenvalue weighted by atomic mass is 16.7. The summed E-state index contributed by atoms with van der Waals surface area (Å²) in [5, 5.41) is 0. The van der Waals surface area contributed by atoms with Crippen molar-refractivity contribution in [1.82, 2.24) is 0 Å². The molecule has 0 bridgehead atoms. The quantitative estimate of drug-likeness (QED) is 0.621. The summed E-state index contributed by atoms with van der Waals surface area (Å²) in [5.41, 5.74) is -0.346. The van der Waals surface area contributed by atoms with Gasteiger partial charge in [-0.3, -0.25) is 0 Å². The zero-order chi connectivity index (χ0) is 9.90. The van der Waals surface area contributed by atoms with E-state index in [1.165, 1.54) is 0 Å². The number of hydrogen-bond donors (Lipinski definition) is 0. The molecule has 1 aliphatic heterocycles. The summed E-state index contributed by atoms with van der Waals surface area (Å²) in [7, 11) is -0.242. The molecule has 1 fully saturated rings. The van der Waals surface area contributed by atoms with Crippen LogP contribution in [0.1, 0.15) is 33.6 Å². The Morgan fingerprint density at radius 2 is 2.23 bits per heavy atom. The fourth-order valence-corrected chi connectivity index (χ4v) is 1.11. The van der Waals surface area contributed by atoms with Crippen LogP contribution in [0.5, 0.6) is 0 Å². The van der Waals surface area contributed by atoms with E-state index in [0.717, 1.165) is 12.8 Å². The molecular weight excluding hydrogens is 163 g/mol. The molecule has 1 aliphatic rings. The van der Waals surface area contributed by atoms with E-state index in [0.29, 0.717) is 5.76 Å². The lowest BCUT2D eigenvalue weighted by molar-refractivity contribution is 0.172. The second-order valence-corrected chi connectivity index (χ2v) is 3.75. The van der Waals surface area contributed by atoms with Crippen LogP contribution in [0.3, 0.4) is 0 Å². The number of rotatable bonds is 3. The first-order valence-corrected chi connectivity index (χ1v) is 4.77. The topological polar surface area (TPSA) is 18.5 Å². The van der Waals surface area contributed by atoms with Crippen LogP contribution in [-0.4, -0.2) is 12.7 Å². The summed E-state index contributed by atoms with van der Waals surface area (Å²) >= 11 is 0. The van der Waals surface area contributed by atoms with Gasteiger partial charge in [-0.15, -0.1) is 0 Å². The normalized spacial score (nSPS) is 21.2. The molecule has 13 heavy (non-hydrogen) atoms. The largest absolute Gasteiger partial charge is 0.555 e. The molecule has 1 saturated heterocycles. The number of allylic oxidation sites excluding steroid dienone is 1. The highest BCUT2D eigenvalue weighted by Crippen LogP contribution is 2.29. The Labute approximate surface area is 80.8 Å². The van der Waals surface area contributed by atoms with Gasteiger partial charge in [-0.2, -0.15) is 0 Å². The Bertz CT molecular complexity index is 221. The minimum Gasteiger partial charge on any atom is -0.534 e. The standard InChI is InChI=1S/C10H17BO2/c1-5-6-7-8-11-12-9(2)10(3,4)13-11/h7-8H,2,5-6H2,1,3-4H3/b8-7+. The van der Waals surface area contributed by atoms with Gasteiger partial charge in [0.05, 0.1) is 5.76 Å². The summed E-state index contributed by atoms with van der Waals surface area (Å²) in [5.74, 6) is 2.65. The van der Waals surface area contributed by atoms with E-state index in [2.05, 4.69) is 19.6 Å². The SMILES string of the molecule is C=C1OB(/C=C/CCC)OC1(C)C. The van der Waals surface area contributed by atoms with Crippen molar-refractivity contribution in [2.75, 3.05) is 0 Å². The van der Waals surface area contributed by atoms with Crippen LogP contribution in [0.4, 0.5) is 0 Å². The van der Waals surface area contributed by atoms with Gasteiger partial charge >= 0.3 is 7.12 Å². The van der Waals surface area contributed by atoms with Crippen molar-refractivity contribution in [1.29, 1.82) is 0 Å². The average molecular weight is 180 g/mol. The summed E-state index contributed by atoms with van der Waals surface area (Å²) in [6, 6.07) is 0. The van der Waals surface area contributed by atoms with Gasteiger partial charge in [0.2, 0.25) is 0 Å². The second kappa shape index (κ2) is 4.01. The lowest BCUT2D eigenvalue weighted by Crippen LogP contribution is -2.22. The Kier molecular flexibility index (Phi) is 3.20. The predicted molar refractivity (Wildman–Crippen MR) is 55.2 cm³/mol. The van der Waals surface area contributed by atoms with Gasteiger partial charge in [-0.05, 0) is 26.2 Å². The van der Waals surface area contributed by atoms with Crippen molar-refractivity contribution in [3.8, 4) is 0 Å². The van der Waals surface area contributed by atoms with Crippen LogP contribution in [-0.2, 0) is 9.31 Å². The third-order valence-corrected chi connectivity index (χ3v) is 2.09. The molecule has 1 rings (SSSR count). The number of unbranched alkanes of at least 4 members (excludes halogenated alkanes) is 1.